The van der Waals surface area contributed by atoms with Crippen molar-refractivity contribution in [3.8, 4) is 0 Å². The Morgan fingerprint density at radius 3 is 2.82 bits per heavy atom. The number of nitrogens with two attached hydrogens (primary N) is 1. The molecule has 2 N–H and O–H groups in total. The molecular weight excluding hydrogens is 222 g/mol. The molecule has 0 radical (unpaired) electrons. The van der Waals surface area contributed by atoms with Crippen molar-refractivity contribution >= 4 is 11.8 Å². The summed E-state index contributed by atoms with van der Waals surface area (Å²) in [4.78, 5) is 11.6. The van der Waals surface area contributed by atoms with Gasteiger partial charge in [0.25, 0.3) is 0 Å². The number of nitrogen functional groups attached to an aromatic ring is 1. The molecule has 94 valence electrons. The molecular formula is C11H17N3O3. The van der Waals surface area contributed by atoms with E-state index < -0.39 is 5.97 Å². The SMILES string of the molecule is CCOCc1c(C(=O)OC)nn(C2CC2)c1N. The molecule has 0 spiro atoms. The highest BCUT2D eigenvalue weighted by Crippen LogP contribution is 2.37. The highest BCUT2D eigenvalue weighted by atomic mass is 16.5. The van der Waals surface area contributed by atoms with Gasteiger partial charge in [0.15, 0.2) is 5.69 Å². The molecule has 6 heteroatoms. The number of aromatic nitrogens is 2. The third-order valence-electron chi connectivity index (χ3n) is 2.77. The van der Waals surface area contributed by atoms with Gasteiger partial charge in [-0.1, -0.05) is 0 Å². The van der Waals surface area contributed by atoms with Gasteiger partial charge in [0.1, 0.15) is 5.82 Å². The van der Waals surface area contributed by atoms with Crippen molar-refractivity contribution in [1.82, 2.24) is 9.78 Å². The lowest BCUT2D eigenvalue weighted by molar-refractivity contribution is 0.0585. The summed E-state index contributed by atoms with van der Waals surface area (Å²) in [6.07, 6.45) is 2.11. The van der Waals surface area contributed by atoms with E-state index in [0.717, 1.165) is 12.8 Å². The number of ether oxygens (including phenoxy) is 2. The number of nitrogens with zero attached hydrogens (tertiary/aromatic N) is 2. The third kappa shape index (κ3) is 2.26. The molecule has 1 fully saturated rings. The van der Waals surface area contributed by atoms with Crippen molar-refractivity contribution in [1.29, 1.82) is 0 Å². The van der Waals surface area contributed by atoms with Crippen molar-refractivity contribution in [2.45, 2.75) is 32.4 Å². The van der Waals surface area contributed by atoms with Crippen LogP contribution in [0.15, 0.2) is 0 Å². The molecule has 1 heterocycles. The van der Waals surface area contributed by atoms with E-state index in [1.807, 2.05) is 6.92 Å². The van der Waals surface area contributed by atoms with E-state index in [9.17, 15) is 4.79 Å². The lowest BCUT2D eigenvalue weighted by Gasteiger charge is -2.03. The van der Waals surface area contributed by atoms with Gasteiger partial charge in [0.2, 0.25) is 0 Å². The maximum Gasteiger partial charge on any atom is 0.359 e. The van der Waals surface area contributed by atoms with Crippen molar-refractivity contribution in [3.63, 3.8) is 0 Å². The summed E-state index contributed by atoms with van der Waals surface area (Å²) >= 11 is 0. The number of hydrogen-bond acceptors (Lipinski definition) is 5. The van der Waals surface area contributed by atoms with E-state index >= 15 is 0 Å². The Labute approximate surface area is 99.7 Å². The highest BCUT2D eigenvalue weighted by Gasteiger charge is 2.31. The van der Waals surface area contributed by atoms with Crippen molar-refractivity contribution in [2.24, 2.45) is 0 Å². The monoisotopic (exact) mass is 239 g/mol. The molecule has 17 heavy (non-hydrogen) atoms. The second-order valence-corrected chi connectivity index (χ2v) is 4.02. The smallest absolute Gasteiger partial charge is 0.359 e. The van der Waals surface area contributed by atoms with Crippen LogP contribution >= 0.6 is 0 Å². The van der Waals surface area contributed by atoms with E-state index in [0.29, 0.717) is 30.6 Å². The summed E-state index contributed by atoms with van der Waals surface area (Å²) in [5.74, 6) is 0.0483. The Morgan fingerprint density at radius 1 is 1.59 bits per heavy atom. The molecule has 1 aliphatic rings. The first-order valence-corrected chi connectivity index (χ1v) is 5.72. The van der Waals surface area contributed by atoms with Crippen molar-refractivity contribution < 1.29 is 14.3 Å². The topological polar surface area (TPSA) is 79.4 Å². The molecule has 2 rings (SSSR count). The average molecular weight is 239 g/mol. The molecule has 0 saturated heterocycles. The maximum absolute atomic E-state index is 11.6. The highest BCUT2D eigenvalue weighted by molar-refractivity contribution is 5.90. The Balaban J connectivity index is 2.33. The molecule has 6 nitrogen and oxygen atoms in total. The molecule has 1 aromatic heterocycles. The second-order valence-electron chi connectivity index (χ2n) is 4.02. The summed E-state index contributed by atoms with van der Waals surface area (Å²) in [5, 5.41) is 4.23. The van der Waals surface area contributed by atoms with Gasteiger partial charge in [-0.05, 0) is 19.8 Å². The zero-order valence-corrected chi connectivity index (χ0v) is 10.1. The summed E-state index contributed by atoms with van der Waals surface area (Å²) in [5.41, 5.74) is 6.89. The normalized spacial score (nSPS) is 14.9. The van der Waals surface area contributed by atoms with Gasteiger partial charge in [-0.3, -0.25) is 0 Å². The van der Waals surface area contributed by atoms with E-state index in [2.05, 4.69) is 5.10 Å². The van der Waals surface area contributed by atoms with Gasteiger partial charge >= 0.3 is 5.97 Å². The number of methoxy groups -OCH3 is 1. The van der Waals surface area contributed by atoms with Crippen LogP contribution in [0, 0.1) is 0 Å². The number of carbonyl (C=O) groups excluding carboxylic acids is 1. The standard InChI is InChI=1S/C11H17N3O3/c1-3-17-6-8-9(11(15)16-2)13-14(10(8)12)7-4-5-7/h7H,3-6,12H2,1-2H3. The Morgan fingerprint density at radius 2 is 2.29 bits per heavy atom. The predicted molar refractivity (Wildman–Crippen MR) is 61.6 cm³/mol. The molecule has 1 aromatic rings. The largest absolute Gasteiger partial charge is 0.464 e. The van der Waals surface area contributed by atoms with Gasteiger partial charge in [-0.15, -0.1) is 0 Å². The minimum Gasteiger partial charge on any atom is -0.464 e. The van der Waals surface area contributed by atoms with Crippen LogP contribution in [0.1, 0.15) is 41.9 Å². The van der Waals surface area contributed by atoms with Gasteiger partial charge in [0, 0.05) is 6.61 Å². The fourth-order valence-electron chi connectivity index (χ4n) is 1.69. The van der Waals surface area contributed by atoms with Crippen LogP contribution < -0.4 is 5.73 Å². The number of rotatable bonds is 5. The zero-order valence-electron chi connectivity index (χ0n) is 10.1. The summed E-state index contributed by atoms with van der Waals surface area (Å²) in [6, 6.07) is 0.328. The fourth-order valence-corrected chi connectivity index (χ4v) is 1.69. The first-order chi connectivity index (χ1) is 8.19. The van der Waals surface area contributed by atoms with Crippen molar-refractivity contribution in [3.05, 3.63) is 11.3 Å². The summed E-state index contributed by atoms with van der Waals surface area (Å²) in [6.45, 7) is 2.74. The molecule has 0 amide bonds. The number of hydrogen-bond donors (Lipinski definition) is 1. The first kappa shape index (κ1) is 11.9. The van der Waals surface area contributed by atoms with E-state index in [4.69, 9.17) is 15.2 Å². The zero-order chi connectivity index (χ0) is 12.4. The van der Waals surface area contributed by atoms with Gasteiger partial charge < -0.3 is 15.2 Å². The molecule has 1 saturated carbocycles. The van der Waals surface area contributed by atoms with Crippen LogP contribution in [0.25, 0.3) is 0 Å². The molecule has 1 aliphatic carbocycles. The second kappa shape index (κ2) is 4.75. The maximum atomic E-state index is 11.6. The fraction of sp³-hybridized carbons (Fsp3) is 0.636. The lowest BCUT2D eigenvalue weighted by Crippen LogP contribution is -2.07. The quantitative estimate of drug-likeness (QED) is 0.779. The van der Waals surface area contributed by atoms with Gasteiger partial charge in [-0.2, -0.15) is 5.10 Å². The van der Waals surface area contributed by atoms with Crippen LogP contribution in [0.4, 0.5) is 5.82 Å². The van der Waals surface area contributed by atoms with Crippen LogP contribution in [-0.4, -0.2) is 29.5 Å². The van der Waals surface area contributed by atoms with Crippen LogP contribution in [0.3, 0.4) is 0 Å². The Bertz CT molecular complexity index is 424. The lowest BCUT2D eigenvalue weighted by atomic mass is 10.2. The minimum atomic E-state index is -0.467. The van der Waals surface area contributed by atoms with E-state index in [-0.39, 0.29) is 5.69 Å². The summed E-state index contributed by atoms with van der Waals surface area (Å²) < 4.78 is 11.7. The number of anilines is 1. The van der Waals surface area contributed by atoms with Crippen LogP contribution in [0.5, 0.6) is 0 Å². The molecule has 0 unspecified atom stereocenters. The average Bonchev–Trinajstić information content (AvgIpc) is 3.11. The summed E-state index contributed by atoms with van der Waals surface area (Å²) in [7, 11) is 1.33. The van der Waals surface area contributed by atoms with E-state index in [1.54, 1.807) is 4.68 Å². The molecule has 0 aliphatic heterocycles. The molecule has 0 bridgehead atoms. The predicted octanol–water partition coefficient (Wildman–Crippen LogP) is 1.12. The minimum absolute atomic E-state index is 0.269. The molecule has 0 aromatic carbocycles. The van der Waals surface area contributed by atoms with Gasteiger partial charge in [0.05, 0.1) is 25.3 Å². The van der Waals surface area contributed by atoms with Crippen LogP contribution in [-0.2, 0) is 16.1 Å². The number of esters is 1. The Hall–Kier alpha value is -1.56. The molecule has 0 atom stereocenters. The van der Waals surface area contributed by atoms with Crippen LogP contribution in [0.2, 0.25) is 0 Å². The van der Waals surface area contributed by atoms with E-state index in [1.165, 1.54) is 7.11 Å². The first-order valence-electron chi connectivity index (χ1n) is 5.72. The third-order valence-corrected chi connectivity index (χ3v) is 2.77. The van der Waals surface area contributed by atoms with Crippen molar-refractivity contribution in [2.75, 3.05) is 19.5 Å². The van der Waals surface area contributed by atoms with Gasteiger partial charge in [-0.25, -0.2) is 9.48 Å². The number of carbonyl (C=O) groups is 1. The Kier molecular flexibility index (Phi) is 3.33.